The third kappa shape index (κ3) is 7.50. The van der Waals surface area contributed by atoms with Crippen LogP contribution in [0.15, 0.2) is 58.3 Å². The first-order chi connectivity index (χ1) is 16.3. The number of hydrogen-bond acceptors (Lipinski definition) is 8. The maximum atomic E-state index is 13.6. The fourth-order valence-corrected chi connectivity index (χ4v) is 4.58. The van der Waals surface area contributed by atoms with Crippen molar-refractivity contribution in [1.29, 1.82) is 0 Å². The van der Waals surface area contributed by atoms with Gasteiger partial charge >= 0.3 is 19.4 Å². The van der Waals surface area contributed by atoms with Crippen molar-refractivity contribution in [3.63, 3.8) is 0 Å². The molecule has 0 bridgehead atoms. The van der Waals surface area contributed by atoms with Gasteiger partial charge in [-0.2, -0.15) is 5.09 Å². The molecule has 2 heterocycles. The third-order valence-corrected chi connectivity index (χ3v) is 6.36. The number of nitrogens with one attached hydrogen (secondary N) is 2. The van der Waals surface area contributed by atoms with Gasteiger partial charge in [0.2, 0.25) is 0 Å². The number of benzene rings is 1. The number of carbonyl (C=O) groups is 1. The molecule has 3 rings (SSSR count). The molecular weight excluding hydrogens is 477 g/mol. The van der Waals surface area contributed by atoms with Crippen LogP contribution in [0.4, 0.5) is 0 Å². The van der Waals surface area contributed by atoms with E-state index in [-0.39, 0.29) is 12.4 Å². The van der Waals surface area contributed by atoms with Gasteiger partial charge < -0.3 is 14.0 Å². The van der Waals surface area contributed by atoms with Crippen molar-refractivity contribution in [3.8, 4) is 5.75 Å². The third-order valence-electron chi connectivity index (χ3n) is 4.71. The maximum Gasteiger partial charge on any atom is 0.459 e. The number of nitrogens with zero attached hydrogens (tertiary/aromatic N) is 1. The smallest absolute Gasteiger partial charge is 0.459 e. The number of aromatic amines is 1. The standard InChI is InChI=1S/C23H30N3O8P/c1-15-13-26(22(29)24-20(15)27)19-12-11-18(32-19)14-31-35(30,34-17-9-7-6-8-10-17)25-16(2)21(28)33-23(3,4)5/h6-13,16,18-19H,14H2,1-5H3,(H,25,30)(H,24,27,29)/t16-,18-,19+,35?/m0/s1. The summed E-state index contributed by atoms with van der Waals surface area (Å²) in [6, 6.07) is 7.38. The van der Waals surface area contributed by atoms with Crippen LogP contribution >= 0.6 is 7.75 Å². The molecule has 0 saturated heterocycles. The van der Waals surface area contributed by atoms with Crippen LogP contribution in [0.5, 0.6) is 5.75 Å². The number of aromatic nitrogens is 2. The highest BCUT2D eigenvalue weighted by molar-refractivity contribution is 7.52. The van der Waals surface area contributed by atoms with Gasteiger partial charge in [0.25, 0.3) is 5.56 Å². The fraction of sp³-hybridized carbons (Fsp3) is 0.435. The number of ether oxygens (including phenoxy) is 2. The molecule has 1 aliphatic heterocycles. The molecule has 0 spiro atoms. The highest BCUT2D eigenvalue weighted by Crippen LogP contribution is 2.45. The molecule has 11 nitrogen and oxygen atoms in total. The van der Waals surface area contributed by atoms with Crippen molar-refractivity contribution < 1.29 is 27.9 Å². The summed E-state index contributed by atoms with van der Waals surface area (Å²) in [5, 5.41) is 2.62. The Hall–Kier alpha value is -2.98. The number of carbonyl (C=O) groups excluding carboxylic acids is 1. The van der Waals surface area contributed by atoms with E-state index in [4.69, 9.17) is 18.5 Å². The van der Waals surface area contributed by atoms with E-state index in [2.05, 4.69) is 10.1 Å². The van der Waals surface area contributed by atoms with Crippen molar-refractivity contribution in [3.05, 3.63) is 75.1 Å². The first kappa shape index (κ1) is 26.6. The van der Waals surface area contributed by atoms with Crippen LogP contribution in [-0.2, 0) is 23.4 Å². The second kappa shape index (κ2) is 10.7. The van der Waals surface area contributed by atoms with E-state index < -0.39 is 48.9 Å². The molecule has 1 aliphatic rings. The van der Waals surface area contributed by atoms with E-state index in [1.54, 1.807) is 70.2 Å². The van der Waals surface area contributed by atoms with E-state index in [0.717, 1.165) is 0 Å². The van der Waals surface area contributed by atoms with Gasteiger partial charge in [-0.25, -0.2) is 9.36 Å². The van der Waals surface area contributed by atoms with E-state index in [0.29, 0.717) is 5.56 Å². The summed E-state index contributed by atoms with van der Waals surface area (Å²) in [7, 11) is -4.07. The van der Waals surface area contributed by atoms with Crippen molar-refractivity contribution in [2.24, 2.45) is 0 Å². The average molecular weight is 507 g/mol. The molecule has 1 aromatic carbocycles. The average Bonchev–Trinajstić information content (AvgIpc) is 3.23. The molecule has 4 atom stereocenters. The first-order valence-corrected chi connectivity index (χ1v) is 12.6. The maximum absolute atomic E-state index is 13.6. The van der Waals surface area contributed by atoms with E-state index >= 15 is 0 Å². The summed E-state index contributed by atoms with van der Waals surface area (Å²) in [5.74, 6) is -0.348. The number of hydrogen-bond donors (Lipinski definition) is 2. The number of H-pyrrole nitrogens is 1. The predicted octanol–water partition coefficient (Wildman–Crippen LogP) is 2.82. The van der Waals surface area contributed by atoms with Crippen LogP contribution in [0.1, 0.15) is 39.5 Å². The lowest BCUT2D eigenvalue weighted by molar-refractivity contribution is -0.156. The van der Waals surface area contributed by atoms with Gasteiger partial charge in [-0.1, -0.05) is 24.3 Å². The predicted molar refractivity (Wildman–Crippen MR) is 128 cm³/mol. The molecule has 1 unspecified atom stereocenters. The molecule has 1 aromatic heterocycles. The van der Waals surface area contributed by atoms with Crippen LogP contribution < -0.4 is 20.9 Å². The number of aryl methyl sites for hydroxylation is 1. The molecule has 2 aromatic rings. The lowest BCUT2D eigenvalue weighted by Crippen LogP contribution is -2.39. The fourth-order valence-electron chi connectivity index (χ4n) is 3.08. The summed E-state index contributed by atoms with van der Waals surface area (Å²) in [6.07, 6.45) is 3.20. The monoisotopic (exact) mass is 507 g/mol. The zero-order chi connectivity index (χ0) is 25.8. The minimum atomic E-state index is -4.07. The minimum Gasteiger partial charge on any atom is -0.459 e. The van der Waals surface area contributed by atoms with Crippen molar-refractivity contribution in [1.82, 2.24) is 14.6 Å². The van der Waals surface area contributed by atoms with Gasteiger partial charge in [-0.3, -0.25) is 23.7 Å². The van der Waals surface area contributed by atoms with Crippen molar-refractivity contribution in [2.75, 3.05) is 6.61 Å². The number of rotatable bonds is 9. The molecule has 0 saturated carbocycles. The Morgan fingerprint density at radius 3 is 2.57 bits per heavy atom. The van der Waals surface area contributed by atoms with Crippen molar-refractivity contribution >= 4 is 13.7 Å². The van der Waals surface area contributed by atoms with E-state index in [1.165, 1.54) is 17.7 Å². The van der Waals surface area contributed by atoms with Gasteiger partial charge in [-0.05, 0) is 52.8 Å². The van der Waals surface area contributed by atoms with E-state index in [9.17, 15) is 18.9 Å². The zero-order valence-electron chi connectivity index (χ0n) is 20.2. The SMILES string of the molecule is Cc1cn([C@H]2C=C[C@@H](COP(=O)(N[C@@H](C)C(=O)OC(C)(C)C)Oc3ccccc3)O2)c(=O)[nH]c1=O. The zero-order valence-corrected chi connectivity index (χ0v) is 21.1. The summed E-state index contributed by atoms with van der Waals surface area (Å²) in [4.78, 5) is 38.4. The molecule has 12 heteroatoms. The van der Waals surface area contributed by atoms with Crippen LogP contribution in [-0.4, -0.2) is 39.9 Å². The van der Waals surface area contributed by atoms with Crippen LogP contribution in [0.2, 0.25) is 0 Å². The topological polar surface area (TPSA) is 138 Å². The Labute approximate surface area is 202 Å². The molecule has 0 radical (unpaired) electrons. The van der Waals surface area contributed by atoms with Gasteiger partial charge in [-0.15, -0.1) is 0 Å². The minimum absolute atomic E-state index is 0.206. The molecule has 0 aliphatic carbocycles. The van der Waals surface area contributed by atoms with Gasteiger partial charge in [0.15, 0.2) is 6.23 Å². The molecule has 35 heavy (non-hydrogen) atoms. The lowest BCUT2D eigenvalue weighted by atomic mass is 10.2. The highest BCUT2D eigenvalue weighted by Gasteiger charge is 2.35. The number of para-hydroxylation sites is 1. The summed E-state index contributed by atoms with van der Waals surface area (Å²) < 4.78 is 37.2. The Bertz CT molecular complexity index is 1230. The van der Waals surface area contributed by atoms with Crippen LogP contribution in [0.3, 0.4) is 0 Å². The van der Waals surface area contributed by atoms with Gasteiger partial charge in [0.05, 0.1) is 6.61 Å². The second-order valence-corrected chi connectivity index (χ2v) is 10.7. The summed E-state index contributed by atoms with van der Waals surface area (Å²) >= 11 is 0. The Morgan fingerprint density at radius 2 is 1.91 bits per heavy atom. The van der Waals surface area contributed by atoms with E-state index in [1.807, 2.05) is 0 Å². The Balaban J connectivity index is 1.70. The lowest BCUT2D eigenvalue weighted by Gasteiger charge is -2.26. The Morgan fingerprint density at radius 1 is 1.23 bits per heavy atom. The number of esters is 1. The van der Waals surface area contributed by atoms with Gasteiger partial charge in [0, 0.05) is 11.8 Å². The molecule has 190 valence electrons. The highest BCUT2D eigenvalue weighted by atomic mass is 31.2. The largest absolute Gasteiger partial charge is 0.459 e. The molecule has 0 amide bonds. The normalized spacial score (nSPS) is 20.3. The first-order valence-electron chi connectivity index (χ1n) is 11.0. The van der Waals surface area contributed by atoms with Crippen LogP contribution in [0, 0.1) is 6.92 Å². The quantitative estimate of drug-likeness (QED) is 0.298. The molecular formula is C23H30N3O8P. The van der Waals surface area contributed by atoms with Gasteiger partial charge in [0.1, 0.15) is 23.5 Å². The Kier molecular flexibility index (Phi) is 8.17. The van der Waals surface area contributed by atoms with Crippen molar-refractivity contribution in [2.45, 2.75) is 58.6 Å². The molecule has 0 fully saturated rings. The molecule has 2 N–H and O–H groups in total. The summed E-state index contributed by atoms with van der Waals surface area (Å²) in [5.41, 5.74) is -1.48. The second-order valence-electron chi connectivity index (χ2n) is 9.01. The van der Waals surface area contributed by atoms with Crippen LogP contribution in [0.25, 0.3) is 0 Å². The summed E-state index contributed by atoms with van der Waals surface area (Å²) in [6.45, 7) is 8.03.